The molecule has 0 aromatic rings. The van der Waals surface area contributed by atoms with Crippen molar-refractivity contribution in [2.75, 3.05) is 6.61 Å². The van der Waals surface area contributed by atoms with Crippen LogP contribution in [0.1, 0.15) is 20.3 Å². The van der Waals surface area contributed by atoms with Gasteiger partial charge in [0.15, 0.2) is 6.29 Å². The van der Waals surface area contributed by atoms with E-state index in [-0.39, 0.29) is 11.8 Å². The van der Waals surface area contributed by atoms with Crippen molar-refractivity contribution in [1.82, 2.24) is 5.32 Å². The summed E-state index contributed by atoms with van der Waals surface area (Å²) in [5.41, 5.74) is 0. The summed E-state index contributed by atoms with van der Waals surface area (Å²) in [5, 5.41) is 31.4. The Balaban J connectivity index is 2.08. The van der Waals surface area contributed by atoms with Gasteiger partial charge in [0.2, 0.25) is 5.91 Å². The van der Waals surface area contributed by atoms with Crippen molar-refractivity contribution in [2.24, 2.45) is 5.92 Å². The first kappa shape index (κ1) is 14.7. The number of carbonyl (C=O) groups excluding carboxylic acids is 1. The highest BCUT2D eigenvalue weighted by Gasteiger charge is 2.49. The maximum atomic E-state index is 11.9. The Labute approximate surface area is 111 Å². The van der Waals surface area contributed by atoms with E-state index in [0.717, 1.165) is 0 Å². The largest absolute Gasteiger partial charge is 0.394 e. The Morgan fingerprint density at radius 1 is 1.26 bits per heavy atom. The molecule has 0 radical (unpaired) electrons. The average Bonchev–Trinajstić information content (AvgIpc) is 2.35. The minimum atomic E-state index is -1.25. The van der Waals surface area contributed by atoms with Crippen molar-refractivity contribution in [3.8, 4) is 0 Å². The average molecular weight is 275 g/mol. The van der Waals surface area contributed by atoms with Crippen LogP contribution in [0.25, 0.3) is 0 Å². The van der Waals surface area contributed by atoms with Crippen LogP contribution in [-0.2, 0) is 14.3 Å². The van der Waals surface area contributed by atoms with E-state index in [1.807, 2.05) is 13.8 Å². The molecule has 1 amide bonds. The van der Waals surface area contributed by atoms with E-state index in [9.17, 15) is 15.0 Å². The predicted octanol–water partition coefficient (Wildman–Crippen LogP) is -1.64. The molecule has 7 nitrogen and oxygen atoms in total. The number of amides is 1. The maximum Gasteiger partial charge on any atom is 0.249 e. The second-order valence-corrected chi connectivity index (χ2v) is 5.50. The topological polar surface area (TPSA) is 108 Å². The second kappa shape index (κ2) is 5.72. The lowest BCUT2D eigenvalue weighted by Crippen LogP contribution is -2.69. The third kappa shape index (κ3) is 2.90. The molecular formula is C12H21NO6. The minimum Gasteiger partial charge on any atom is -0.394 e. The fourth-order valence-corrected chi connectivity index (χ4v) is 2.42. The van der Waals surface area contributed by atoms with Gasteiger partial charge in [0.1, 0.15) is 30.5 Å². The van der Waals surface area contributed by atoms with Crippen LogP contribution < -0.4 is 5.32 Å². The van der Waals surface area contributed by atoms with E-state index in [1.165, 1.54) is 0 Å². The van der Waals surface area contributed by atoms with Gasteiger partial charge in [-0.1, -0.05) is 13.8 Å². The number of hydrogen-bond acceptors (Lipinski definition) is 6. The molecule has 2 saturated heterocycles. The van der Waals surface area contributed by atoms with Crippen molar-refractivity contribution in [3.63, 3.8) is 0 Å². The quantitative estimate of drug-likeness (QED) is 0.492. The highest BCUT2D eigenvalue weighted by molar-refractivity contribution is 5.81. The van der Waals surface area contributed by atoms with Gasteiger partial charge in [0.05, 0.1) is 6.61 Å². The van der Waals surface area contributed by atoms with E-state index in [0.29, 0.717) is 6.42 Å². The van der Waals surface area contributed by atoms with Gasteiger partial charge in [-0.25, -0.2) is 0 Å². The Kier molecular flexibility index (Phi) is 4.42. The number of aliphatic hydroxyl groups is 3. The van der Waals surface area contributed by atoms with Crippen LogP contribution in [0.15, 0.2) is 0 Å². The van der Waals surface area contributed by atoms with Crippen molar-refractivity contribution >= 4 is 5.91 Å². The molecule has 2 heterocycles. The number of rotatable bonds is 3. The lowest BCUT2D eigenvalue weighted by molar-refractivity contribution is -0.291. The van der Waals surface area contributed by atoms with Crippen molar-refractivity contribution in [2.45, 2.75) is 57.0 Å². The summed E-state index contributed by atoms with van der Waals surface area (Å²) in [6, 6.07) is -0.811. The number of aliphatic hydroxyl groups excluding tert-OH is 3. The van der Waals surface area contributed by atoms with Gasteiger partial charge in [-0.15, -0.1) is 0 Å². The third-order valence-electron chi connectivity index (χ3n) is 3.47. The van der Waals surface area contributed by atoms with Gasteiger partial charge in [-0.2, -0.15) is 0 Å². The number of nitrogens with one attached hydrogen (secondary N) is 1. The summed E-state index contributed by atoms with van der Waals surface area (Å²) < 4.78 is 10.9. The van der Waals surface area contributed by atoms with E-state index < -0.39 is 43.4 Å². The number of carbonyl (C=O) groups is 1. The fraction of sp³-hybridized carbons (Fsp3) is 0.917. The number of morpholine rings is 1. The van der Waals surface area contributed by atoms with Gasteiger partial charge in [0, 0.05) is 0 Å². The van der Waals surface area contributed by atoms with Gasteiger partial charge in [-0.3, -0.25) is 4.79 Å². The molecule has 2 fully saturated rings. The fourth-order valence-electron chi connectivity index (χ4n) is 2.42. The van der Waals surface area contributed by atoms with Gasteiger partial charge in [-0.05, 0) is 12.3 Å². The first-order valence-corrected chi connectivity index (χ1v) is 6.52. The lowest BCUT2D eigenvalue weighted by atomic mass is 9.94. The highest BCUT2D eigenvalue weighted by Crippen LogP contribution is 2.27. The third-order valence-corrected chi connectivity index (χ3v) is 3.47. The maximum absolute atomic E-state index is 11.9. The Morgan fingerprint density at radius 3 is 2.53 bits per heavy atom. The second-order valence-electron chi connectivity index (χ2n) is 5.50. The molecule has 0 bridgehead atoms. The highest BCUT2D eigenvalue weighted by atomic mass is 16.7. The zero-order valence-corrected chi connectivity index (χ0v) is 11.0. The minimum absolute atomic E-state index is 0.278. The molecule has 0 saturated carbocycles. The Hall–Kier alpha value is -0.730. The smallest absolute Gasteiger partial charge is 0.249 e. The van der Waals surface area contributed by atoms with Crippen LogP contribution in [0.5, 0.6) is 0 Å². The molecule has 0 aromatic carbocycles. The summed E-state index contributed by atoms with van der Waals surface area (Å²) in [4.78, 5) is 11.9. The lowest BCUT2D eigenvalue weighted by Gasteiger charge is -2.46. The van der Waals surface area contributed by atoms with Crippen molar-refractivity contribution < 1.29 is 29.6 Å². The zero-order valence-electron chi connectivity index (χ0n) is 11.0. The Bertz CT molecular complexity index is 336. The number of fused-ring (bicyclic) bond motifs is 1. The molecule has 0 aromatic heterocycles. The predicted molar refractivity (Wildman–Crippen MR) is 64.0 cm³/mol. The van der Waals surface area contributed by atoms with Gasteiger partial charge >= 0.3 is 0 Å². The van der Waals surface area contributed by atoms with E-state index in [4.69, 9.17) is 14.6 Å². The molecular weight excluding hydrogens is 254 g/mol. The molecule has 110 valence electrons. The zero-order chi connectivity index (χ0) is 14.2. The molecule has 2 rings (SSSR count). The molecule has 4 N–H and O–H groups in total. The summed E-state index contributed by atoms with van der Waals surface area (Å²) in [6.07, 6.45) is -4.33. The molecule has 6 atom stereocenters. The van der Waals surface area contributed by atoms with E-state index >= 15 is 0 Å². The monoisotopic (exact) mass is 275 g/mol. The van der Waals surface area contributed by atoms with E-state index in [1.54, 1.807) is 0 Å². The van der Waals surface area contributed by atoms with Crippen LogP contribution in [-0.4, -0.2) is 64.6 Å². The number of ether oxygens (including phenoxy) is 2. The summed E-state index contributed by atoms with van der Waals surface area (Å²) in [6.45, 7) is 3.52. The molecule has 0 unspecified atom stereocenters. The first-order chi connectivity index (χ1) is 8.93. The normalized spacial score (nSPS) is 42.9. The van der Waals surface area contributed by atoms with Crippen LogP contribution in [0, 0.1) is 5.92 Å². The number of hydrogen-bond donors (Lipinski definition) is 4. The standard InChI is InChI=1S/C12H21NO6/c1-5(2)3-6-11(17)13-8-10(16)9(15)7(4-14)19-12(8)18-6/h5-10,12,14-16H,3-4H2,1-2H3,(H,13,17)/t6-,7+,8+,9-,10+,12+/m0/s1. The van der Waals surface area contributed by atoms with Crippen LogP contribution in [0.2, 0.25) is 0 Å². The molecule has 7 heteroatoms. The summed E-state index contributed by atoms with van der Waals surface area (Å²) in [5.74, 6) is -0.0349. The SMILES string of the molecule is CC(C)C[C@@H]1O[C@@H]2O[C@H](CO)[C@H](O)[C@H](O)[C@H]2NC1=O. The van der Waals surface area contributed by atoms with Crippen LogP contribution in [0.4, 0.5) is 0 Å². The van der Waals surface area contributed by atoms with Crippen molar-refractivity contribution in [3.05, 3.63) is 0 Å². The molecule has 2 aliphatic rings. The van der Waals surface area contributed by atoms with Gasteiger partial charge in [0.25, 0.3) is 0 Å². The molecule has 0 aliphatic carbocycles. The van der Waals surface area contributed by atoms with E-state index in [2.05, 4.69) is 5.32 Å². The van der Waals surface area contributed by atoms with Crippen molar-refractivity contribution in [1.29, 1.82) is 0 Å². The molecule has 0 spiro atoms. The first-order valence-electron chi connectivity index (χ1n) is 6.52. The Morgan fingerprint density at radius 2 is 1.95 bits per heavy atom. The van der Waals surface area contributed by atoms with Gasteiger partial charge < -0.3 is 30.1 Å². The van der Waals surface area contributed by atoms with Crippen LogP contribution in [0.3, 0.4) is 0 Å². The molecule has 19 heavy (non-hydrogen) atoms. The summed E-state index contributed by atoms with van der Waals surface area (Å²) >= 11 is 0. The van der Waals surface area contributed by atoms with Crippen LogP contribution >= 0.6 is 0 Å². The molecule has 2 aliphatic heterocycles. The summed E-state index contributed by atoms with van der Waals surface area (Å²) in [7, 11) is 0.